The first kappa shape index (κ1) is 34.4. The second kappa shape index (κ2) is 28.8. The minimum absolute atomic E-state index is 0. The molecule has 0 bridgehead atoms. The van der Waals surface area contributed by atoms with Gasteiger partial charge in [0.2, 0.25) is 0 Å². The SMILES string of the molecule is CCCCCCCCCCCCOS(=O)(=O)O.N.[CH2]CCCCCCCCCCC. The number of hydrogen-bond donors (Lipinski definition) is 2. The summed E-state index contributed by atoms with van der Waals surface area (Å²) < 4.78 is 33.0. The van der Waals surface area contributed by atoms with E-state index in [4.69, 9.17) is 4.55 Å². The molecule has 0 aromatic rings. The molecule has 0 aliphatic rings. The Morgan fingerprint density at radius 1 is 0.600 bits per heavy atom. The highest BCUT2D eigenvalue weighted by atomic mass is 32.3. The van der Waals surface area contributed by atoms with Crippen molar-refractivity contribution in [3.63, 3.8) is 0 Å². The summed E-state index contributed by atoms with van der Waals surface area (Å²) in [5, 5.41) is 0. The standard InChI is InChI=1S/C12H26O4S.C12H25.H3N/c1-2-3-4-5-6-7-8-9-10-11-12-16-17(13,14)15;1-3-5-7-9-11-12-10-8-6-4-2;/h2-12H2,1H3,(H,13,14,15);1,3-12H2,2H3;1H3. The van der Waals surface area contributed by atoms with Crippen LogP contribution in [-0.2, 0) is 14.6 Å². The van der Waals surface area contributed by atoms with Crippen molar-refractivity contribution in [2.24, 2.45) is 0 Å². The molecular formula is C24H54NO4S. The van der Waals surface area contributed by atoms with E-state index in [9.17, 15) is 8.42 Å². The Bertz CT molecular complexity index is 379. The van der Waals surface area contributed by atoms with Crippen LogP contribution >= 0.6 is 0 Å². The van der Waals surface area contributed by atoms with Gasteiger partial charge in [-0.15, -0.1) is 0 Å². The summed E-state index contributed by atoms with van der Waals surface area (Å²) in [6, 6.07) is 0. The summed E-state index contributed by atoms with van der Waals surface area (Å²) in [5.74, 6) is 0. The Balaban J connectivity index is -0.000000497. The molecule has 0 aliphatic heterocycles. The molecule has 6 heteroatoms. The van der Waals surface area contributed by atoms with Crippen LogP contribution in [0.25, 0.3) is 0 Å². The van der Waals surface area contributed by atoms with Crippen molar-refractivity contribution >= 4 is 10.4 Å². The zero-order chi connectivity index (χ0) is 22.1. The molecule has 0 unspecified atom stereocenters. The second-order valence-electron chi connectivity index (χ2n) is 8.11. The monoisotopic (exact) mass is 452 g/mol. The quantitative estimate of drug-likeness (QED) is 0.134. The van der Waals surface area contributed by atoms with Gasteiger partial charge in [-0.05, 0) is 6.42 Å². The maximum absolute atomic E-state index is 10.2. The van der Waals surface area contributed by atoms with Gasteiger partial charge in [0.25, 0.3) is 0 Å². The number of hydrogen-bond acceptors (Lipinski definition) is 4. The molecule has 0 amide bonds. The van der Waals surface area contributed by atoms with Crippen molar-refractivity contribution in [1.82, 2.24) is 6.15 Å². The van der Waals surface area contributed by atoms with E-state index in [1.807, 2.05) is 0 Å². The van der Waals surface area contributed by atoms with Gasteiger partial charge in [0, 0.05) is 0 Å². The van der Waals surface area contributed by atoms with Crippen LogP contribution in [0.1, 0.15) is 142 Å². The number of unbranched alkanes of at least 4 members (excludes halogenated alkanes) is 18. The van der Waals surface area contributed by atoms with Gasteiger partial charge >= 0.3 is 10.4 Å². The third kappa shape index (κ3) is 38.4. The maximum atomic E-state index is 10.2. The molecule has 0 saturated carbocycles. The van der Waals surface area contributed by atoms with Crippen LogP contribution in [-0.4, -0.2) is 19.6 Å². The minimum atomic E-state index is -4.23. The highest BCUT2D eigenvalue weighted by Gasteiger charge is 2.02. The first-order chi connectivity index (χ1) is 14.0. The van der Waals surface area contributed by atoms with E-state index in [-0.39, 0.29) is 12.8 Å². The topological polar surface area (TPSA) is 98.6 Å². The van der Waals surface area contributed by atoms with Crippen LogP contribution in [0.2, 0.25) is 0 Å². The average molecular weight is 453 g/mol. The summed E-state index contributed by atoms with van der Waals surface area (Å²) in [4.78, 5) is 0. The summed E-state index contributed by atoms with van der Waals surface area (Å²) in [6.45, 7) is 8.43. The smallest absolute Gasteiger partial charge is 0.344 e. The highest BCUT2D eigenvalue weighted by molar-refractivity contribution is 7.80. The lowest BCUT2D eigenvalue weighted by Crippen LogP contribution is -2.04. The zero-order valence-corrected chi connectivity index (χ0v) is 21.2. The predicted octanol–water partition coefficient (Wildman–Crippen LogP) is 8.63. The fourth-order valence-electron chi connectivity index (χ4n) is 3.24. The van der Waals surface area contributed by atoms with Crippen molar-refractivity contribution in [3.8, 4) is 0 Å². The third-order valence-corrected chi connectivity index (χ3v) is 5.55. The largest absolute Gasteiger partial charge is 0.397 e. The lowest BCUT2D eigenvalue weighted by molar-refractivity contribution is 0.261. The van der Waals surface area contributed by atoms with Gasteiger partial charge < -0.3 is 6.15 Å². The van der Waals surface area contributed by atoms with E-state index < -0.39 is 10.4 Å². The van der Waals surface area contributed by atoms with Crippen LogP contribution < -0.4 is 6.15 Å². The maximum Gasteiger partial charge on any atom is 0.397 e. The second-order valence-corrected chi connectivity index (χ2v) is 9.20. The fraction of sp³-hybridized carbons (Fsp3) is 0.958. The number of rotatable bonds is 21. The van der Waals surface area contributed by atoms with Crippen LogP contribution in [0, 0.1) is 6.92 Å². The molecule has 0 aromatic heterocycles. The minimum Gasteiger partial charge on any atom is -0.344 e. The molecule has 0 fully saturated rings. The van der Waals surface area contributed by atoms with Gasteiger partial charge in [0.1, 0.15) is 0 Å². The van der Waals surface area contributed by atoms with Crippen LogP contribution in [0.4, 0.5) is 0 Å². The van der Waals surface area contributed by atoms with E-state index >= 15 is 0 Å². The predicted molar refractivity (Wildman–Crippen MR) is 132 cm³/mol. The molecule has 0 aliphatic carbocycles. The third-order valence-electron chi connectivity index (χ3n) is 5.08. The van der Waals surface area contributed by atoms with Gasteiger partial charge in [-0.1, -0.05) is 143 Å². The Labute approximate surface area is 189 Å². The molecule has 5 nitrogen and oxygen atoms in total. The van der Waals surface area contributed by atoms with Crippen molar-refractivity contribution in [2.75, 3.05) is 6.61 Å². The van der Waals surface area contributed by atoms with Gasteiger partial charge in [0.05, 0.1) is 6.61 Å². The first-order valence-electron chi connectivity index (χ1n) is 12.4. The van der Waals surface area contributed by atoms with Crippen molar-refractivity contribution < 1.29 is 17.2 Å². The van der Waals surface area contributed by atoms with E-state index in [1.54, 1.807) is 0 Å². The molecule has 0 aromatic carbocycles. The molecule has 4 N–H and O–H groups in total. The summed E-state index contributed by atoms with van der Waals surface area (Å²) >= 11 is 0. The molecule has 185 valence electrons. The van der Waals surface area contributed by atoms with Crippen LogP contribution in [0.5, 0.6) is 0 Å². The molecule has 0 atom stereocenters. The van der Waals surface area contributed by atoms with Gasteiger partial charge in [-0.25, -0.2) is 4.18 Å². The molecule has 0 rings (SSSR count). The highest BCUT2D eigenvalue weighted by Crippen LogP contribution is 2.11. The molecule has 0 saturated heterocycles. The normalized spacial score (nSPS) is 10.9. The molecule has 1 radical (unpaired) electrons. The summed E-state index contributed by atoms with van der Waals surface area (Å²) in [5.41, 5.74) is 0. The Morgan fingerprint density at radius 3 is 1.20 bits per heavy atom. The fourth-order valence-corrected chi connectivity index (χ4v) is 3.57. The zero-order valence-electron chi connectivity index (χ0n) is 20.3. The van der Waals surface area contributed by atoms with E-state index in [2.05, 4.69) is 25.0 Å². The Kier molecular flexibility index (Phi) is 33.1. The van der Waals surface area contributed by atoms with E-state index in [0.717, 1.165) is 19.3 Å². The van der Waals surface area contributed by atoms with Crippen molar-refractivity contribution in [3.05, 3.63) is 6.92 Å². The molecule has 0 spiro atoms. The van der Waals surface area contributed by atoms with Crippen LogP contribution in [0.15, 0.2) is 0 Å². The molecule has 30 heavy (non-hydrogen) atoms. The van der Waals surface area contributed by atoms with E-state index in [0.29, 0.717) is 6.42 Å². The summed E-state index contributed by atoms with van der Waals surface area (Å²) in [6.07, 6.45) is 25.7. The van der Waals surface area contributed by atoms with Gasteiger partial charge in [0.15, 0.2) is 0 Å². The Morgan fingerprint density at radius 2 is 0.900 bits per heavy atom. The molecular weight excluding hydrogens is 398 g/mol. The van der Waals surface area contributed by atoms with E-state index in [1.165, 1.54) is 103 Å². The van der Waals surface area contributed by atoms with Crippen molar-refractivity contribution in [2.45, 2.75) is 142 Å². The lowest BCUT2D eigenvalue weighted by Gasteiger charge is -2.02. The first-order valence-corrected chi connectivity index (χ1v) is 13.8. The lowest BCUT2D eigenvalue weighted by atomic mass is 10.1. The van der Waals surface area contributed by atoms with Gasteiger partial charge in [-0.3, -0.25) is 4.55 Å². The average Bonchev–Trinajstić information content (AvgIpc) is 2.68. The summed E-state index contributed by atoms with van der Waals surface area (Å²) in [7, 11) is -4.23. The van der Waals surface area contributed by atoms with Crippen LogP contribution in [0.3, 0.4) is 0 Å². The molecule has 0 heterocycles. The van der Waals surface area contributed by atoms with Crippen molar-refractivity contribution in [1.29, 1.82) is 0 Å². The van der Waals surface area contributed by atoms with Gasteiger partial charge in [-0.2, -0.15) is 8.42 Å². The Hall–Kier alpha value is -0.170.